The van der Waals surface area contributed by atoms with Crippen LogP contribution in [0.3, 0.4) is 0 Å². The van der Waals surface area contributed by atoms with Crippen molar-refractivity contribution in [2.45, 2.75) is 6.92 Å². The van der Waals surface area contributed by atoms with E-state index in [2.05, 4.69) is 0 Å². The van der Waals surface area contributed by atoms with Gasteiger partial charge in [0.15, 0.2) is 0 Å². The molecule has 0 radical (unpaired) electrons. The van der Waals surface area contributed by atoms with Crippen molar-refractivity contribution in [1.82, 2.24) is 4.90 Å². The summed E-state index contributed by atoms with van der Waals surface area (Å²) in [7, 11) is 5.04. The fraction of sp³-hybridized carbons (Fsp3) is 0.174. The molecule has 0 saturated carbocycles. The second-order valence-corrected chi connectivity index (χ2v) is 6.67. The Balaban J connectivity index is 2.33. The first kappa shape index (κ1) is 18.5. The number of ether oxygens (including phenoxy) is 1. The summed E-state index contributed by atoms with van der Waals surface area (Å²) in [5.41, 5.74) is 3.58. The highest BCUT2D eigenvalue weighted by molar-refractivity contribution is 6.07. The Kier molecular flexibility index (Phi) is 5.17. The number of fused-ring (bicyclic) bond motifs is 1. The smallest absolute Gasteiger partial charge is 0.246 e. The third-order valence-corrected chi connectivity index (χ3v) is 4.56. The van der Waals surface area contributed by atoms with Crippen molar-refractivity contribution in [3.05, 3.63) is 77.4 Å². The van der Waals surface area contributed by atoms with Gasteiger partial charge in [0.2, 0.25) is 5.91 Å². The number of benzene rings is 3. The van der Waals surface area contributed by atoms with Gasteiger partial charge in [-0.3, -0.25) is 4.79 Å². The Morgan fingerprint density at radius 1 is 1.04 bits per heavy atom. The fourth-order valence-corrected chi connectivity index (χ4v) is 3.07. The van der Waals surface area contributed by atoms with Gasteiger partial charge < -0.3 is 14.7 Å². The molecule has 1 amide bonds. The van der Waals surface area contributed by atoms with E-state index in [1.165, 1.54) is 4.90 Å². The lowest BCUT2D eigenvalue weighted by Crippen LogP contribution is -2.19. The summed E-state index contributed by atoms with van der Waals surface area (Å²) < 4.78 is 5.45. The molecule has 0 fully saturated rings. The largest absolute Gasteiger partial charge is 0.507 e. The second kappa shape index (κ2) is 7.54. The third-order valence-electron chi connectivity index (χ3n) is 4.56. The molecule has 0 atom stereocenters. The van der Waals surface area contributed by atoms with Crippen molar-refractivity contribution >= 4 is 22.3 Å². The van der Waals surface area contributed by atoms with Crippen LogP contribution in [0.2, 0.25) is 0 Å². The van der Waals surface area contributed by atoms with E-state index in [0.717, 1.165) is 27.6 Å². The van der Waals surface area contributed by atoms with E-state index < -0.39 is 0 Å². The summed E-state index contributed by atoms with van der Waals surface area (Å²) in [4.78, 5) is 14.0. The number of phenolic OH excluding ortho intramolecular Hbond substituents is 1. The minimum atomic E-state index is -0.120. The summed E-state index contributed by atoms with van der Waals surface area (Å²) in [5.74, 6) is 0.702. The second-order valence-electron chi connectivity index (χ2n) is 6.67. The first-order valence-electron chi connectivity index (χ1n) is 8.71. The number of likely N-dealkylation sites (N-methyl/N-ethyl adjacent to an activating group) is 1. The highest BCUT2D eigenvalue weighted by Gasteiger charge is 2.16. The molecule has 0 unspecified atom stereocenters. The first-order valence-corrected chi connectivity index (χ1v) is 8.71. The number of carbonyl (C=O) groups excluding carboxylic acids is 1. The van der Waals surface area contributed by atoms with Gasteiger partial charge in [-0.05, 0) is 41.8 Å². The number of methoxy groups -OCH3 is 1. The van der Waals surface area contributed by atoms with Crippen LogP contribution in [0.5, 0.6) is 11.5 Å². The number of rotatable bonds is 4. The van der Waals surface area contributed by atoms with Crippen molar-refractivity contribution in [3.63, 3.8) is 0 Å². The van der Waals surface area contributed by atoms with E-state index in [-0.39, 0.29) is 11.7 Å². The van der Waals surface area contributed by atoms with Crippen molar-refractivity contribution < 1.29 is 14.6 Å². The highest BCUT2D eigenvalue weighted by atomic mass is 16.5. The summed E-state index contributed by atoms with van der Waals surface area (Å²) in [6, 6.07) is 17.1. The van der Waals surface area contributed by atoms with Gasteiger partial charge in [-0.2, -0.15) is 0 Å². The van der Waals surface area contributed by atoms with Gasteiger partial charge in [0.05, 0.1) is 7.11 Å². The Bertz CT molecular complexity index is 1020. The number of aryl methyl sites for hydroxylation is 1. The molecule has 3 rings (SSSR count). The zero-order valence-corrected chi connectivity index (χ0v) is 16.0. The minimum Gasteiger partial charge on any atom is -0.507 e. The summed E-state index contributed by atoms with van der Waals surface area (Å²) in [6.07, 6.45) is 1.61. The molecule has 1 N–H and O–H groups in total. The van der Waals surface area contributed by atoms with Gasteiger partial charge in [0.25, 0.3) is 0 Å². The molecule has 27 heavy (non-hydrogen) atoms. The van der Waals surface area contributed by atoms with Gasteiger partial charge in [-0.1, -0.05) is 42.0 Å². The Labute approximate surface area is 159 Å². The number of nitrogens with zero attached hydrogens (tertiary/aromatic N) is 1. The number of carbonyl (C=O) groups is 1. The van der Waals surface area contributed by atoms with E-state index in [9.17, 15) is 9.90 Å². The number of phenols is 1. The number of aromatic hydroxyl groups is 1. The van der Waals surface area contributed by atoms with E-state index in [0.29, 0.717) is 11.1 Å². The number of hydrogen-bond acceptors (Lipinski definition) is 3. The van der Waals surface area contributed by atoms with Crippen LogP contribution in [0.15, 0.2) is 60.7 Å². The van der Waals surface area contributed by atoms with Crippen LogP contribution in [0.1, 0.15) is 16.7 Å². The molecule has 0 aliphatic heterocycles. The fourth-order valence-electron chi connectivity index (χ4n) is 3.07. The summed E-state index contributed by atoms with van der Waals surface area (Å²) in [6.45, 7) is 2.02. The molecule has 4 nitrogen and oxygen atoms in total. The lowest BCUT2D eigenvalue weighted by molar-refractivity contribution is -0.123. The van der Waals surface area contributed by atoms with Gasteiger partial charge in [-0.25, -0.2) is 0 Å². The van der Waals surface area contributed by atoms with Crippen LogP contribution >= 0.6 is 0 Å². The predicted molar refractivity (Wildman–Crippen MR) is 109 cm³/mol. The Hall–Kier alpha value is -3.27. The van der Waals surface area contributed by atoms with Gasteiger partial charge in [0.1, 0.15) is 11.5 Å². The van der Waals surface area contributed by atoms with Crippen molar-refractivity contribution in [2.75, 3.05) is 21.2 Å². The van der Waals surface area contributed by atoms with E-state index >= 15 is 0 Å². The first-order chi connectivity index (χ1) is 12.9. The minimum absolute atomic E-state index is 0.120. The lowest BCUT2D eigenvalue weighted by Gasteiger charge is -2.16. The lowest BCUT2D eigenvalue weighted by atomic mass is 9.91. The van der Waals surface area contributed by atoms with Crippen LogP contribution < -0.4 is 4.74 Å². The van der Waals surface area contributed by atoms with Gasteiger partial charge >= 0.3 is 0 Å². The van der Waals surface area contributed by atoms with E-state index in [1.54, 1.807) is 39.4 Å². The Morgan fingerprint density at radius 2 is 1.74 bits per heavy atom. The number of amides is 1. The molecule has 4 heteroatoms. The van der Waals surface area contributed by atoms with Crippen molar-refractivity contribution in [1.29, 1.82) is 0 Å². The molecule has 0 bridgehead atoms. The average Bonchev–Trinajstić information content (AvgIpc) is 2.66. The molecule has 138 valence electrons. The predicted octanol–water partition coefficient (Wildman–Crippen LogP) is 4.38. The van der Waals surface area contributed by atoms with Gasteiger partial charge in [0, 0.05) is 30.9 Å². The van der Waals surface area contributed by atoms with Crippen LogP contribution in [-0.4, -0.2) is 37.1 Å². The summed E-state index contributed by atoms with van der Waals surface area (Å²) in [5, 5.41) is 12.0. The maximum Gasteiger partial charge on any atom is 0.246 e. The normalized spacial score (nSPS) is 11.5. The average molecular weight is 361 g/mol. The van der Waals surface area contributed by atoms with Gasteiger partial charge in [-0.15, -0.1) is 0 Å². The molecule has 0 spiro atoms. The van der Waals surface area contributed by atoms with E-state index in [4.69, 9.17) is 4.74 Å². The highest BCUT2D eigenvalue weighted by Crippen LogP contribution is 2.39. The molecule has 3 aromatic rings. The zero-order chi connectivity index (χ0) is 19.6. The molecule has 0 heterocycles. The molecule has 0 aromatic heterocycles. The van der Waals surface area contributed by atoms with Crippen LogP contribution in [0.4, 0.5) is 0 Å². The SMILES string of the molecule is COc1ccc(/C(=C/C(=O)N(C)C)c2ccc(C)cc2)c2c(O)cccc12. The zero-order valence-electron chi connectivity index (χ0n) is 16.0. The molecule has 0 saturated heterocycles. The third kappa shape index (κ3) is 3.65. The molecular weight excluding hydrogens is 338 g/mol. The molecule has 0 aliphatic rings. The summed E-state index contributed by atoms with van der Waals surface area (Å²) >= 11 is 0. The van der Waals surface area contributed by atoms with Crippen LogP contribution in [-0.2, 0) is 4.79 Å². The van der Waals surface area contributed by atoms with Crippen LogP contribution in [0.25, 0.3) is 16.3 Å². The number of hydrogen-bond donors (Lipinski definition) is 1. The quantitative estimate of drug-likeness (QED) is 0.702. The maximum absolute atomic E-state index is 12.5. The Morgan fingerprint density at radius 3 is 2.37 bits per heavy atom. The molecule has 3 aromatic carbocycles. The van der Waals surface area contributed by atoms with Crippen LogP contribution in [0, 0.1) is 6.92 Å². The van der Waals surface area contributed by atoms with Crippen molar-refractivity contribution in [3.8, 4) is 11.5 Å². The molecular formula is C23H23NO3. The van der Waals surface area contributed by atoms with Crippen molar-refractivity contribution in [2.24, 2.45) is 0 Å². The monoisotopic (exact) mass is 361 g/mol. The molecule has 0 aliphatic carbocycles. The topological polar surface area (TPSA) is 49.8 Å². The maximum atomic E-state index is 12.5. The standard InChI is InChI=1S/C23H23NO3/c1-15-8-10-16(11-9-15)19(14-22(26)24(2)3)17-12-13-21(27-4)18-6-5-7-20(25)23(17)18/h5-14,25H,1-4H3/b19-14+. The van der Waals surface area contributed by atoms with E-state index in [1.807, 2.05) is 49.4 Å².